The van der Waals surface area contributed by atoms with E-state index in [0.29, 0.717) is 6.61 Å². The number of hydrogen-bond acceptors (Lipinski definition) is 6. The summed E-state index contributed by atoms with van der Waals surface area (Å²) < 4.78 is 30.5. The van der Waals surface area contributed by atoms with Crippen LogP contribution < -0.4 is 0 Å². The molecule has 5 atom stereocenters. The second-order valence-corrected chi connectivity index (χ2v) is 10.9. The van der Waals surface area contributed by atoms with Gasteiger partial charge in [0.1, 0.15) is 36.3 Å². The van der Waals surface area contributed by atoms with Gasteiger partial charge < -0.3 is 28.8 Å². The van der Waals surface area contributed by atoms with E-state index in [2.05, 4.69) is 36.4 Å². The van der Waals surface area contributed by atoms with E-state index in [9.17, 15) is 5.11 Å². The molecule has 220 valence electrons. The largest absolute Gasteiger partial charge is 0.388 e. The third-order valence-corrected chi connectivity index (χ3v) is 7.96. The summed E-state index contributed by atoms with van der Waals surface area (Å²) >= 11 is 0. The van der Waals surface area contributed by atoms with Gasteiger partial charge >= 0.3 is 0 Å². The van der Waals surface area contributed by atoms with Crippen LogP contribution in [0.2, 0.25) is 0 Å². The predicted molar refractivity (Wildman–Crippen MR) is 162 cm³/mol. The van der Waals surface area contributed by atoms with Gasteiger partial charge in [0.25, 0.3) is 0 Å². The maximum Gasteiger partial charge on any atom is 0.146 e. The fourth-order valence-electron chi connectivity index (χ4n) is 5.79. The molecular weight excluding hydrogens is 528 g/mol. The lowest BCUT2D eigenvalue weighted by Crippen LogP contribution is -2.45. The molecule has 0 spiro atoms. The second-order valence-electron chi connectivity index (χ2n) is 10.9. The monoisotopic (exact) mass is 568 g/mol. The zero-order valence-electron chi connectivity index (χ0n) is 24.5. The smallest absolute Gasteiger partial charge is 0.146 e. The van der Waals surface area contributed by atoms with Gasteiger partial charge in [0.2, 0.25) is 0 Å². The zero-order valence-corrected chi connectivity index (χ0v) is 24.5. The number of aliphatic hydroxyl groups is 1. The van der Waals surface area contributed by atoms with Crippen LogP contribution in [0.1, 0.15) is 36.1 Å². The average Bonchev–Trinajstić information content (AvgIpc) is 3.74. The quantitative estimate of drug-likeness (QED) is 0.106. The summed E-state index contributed by atoms with van der Waals surface area (Å²) in [5, 5.41) is 11.5. The molecule has 6 heteroatoms. The fourth-order valence-corrected chi connectivity index (χ4v) is 5.79. The van der Waals surface area contributed by atoms with Gasteiger partial charge in [-0.3, -0.25) is 0 Å². The van der Waals surface area contributed by atoms with E-state index in [1.807, 2.05) is 98.8 Å². The van der Waals surface area contributed by atoms with Crippen LogP contribution in [0.4, 0.5) is 0 Å². The SMILES string of the molecule is COCO[C@@H]([C@H](C)OCc1ccccc1)C1(C)O[C@H]1[C@H](O)COC(c1ccccc1)(c1ccccc1)c1ccccc1. The van der Waals surface area contributed by atoms with Gasteiger partial charge in [-0.1, -0.05) is 121 Å². The molecule has 42 heavy (non-hydrogen) atoms. The lowest BCUT2D eigenvalue weighted by Gasteiger charge is -2.36. The van der Waals surface area contributed by atoms with Crippen LogP contribution in [0.25, 0.3) is 0 Å². The molecule has 0 radical (unpaired) electrons. The van der Waals surface area contributed by atoms with E-state index in [-0.39, 0.29) is 19.5 Å². The molecule has 0 amide bonds. The van der Waals surface area contributed by atoms with Crippen LogP contribution >= 0.6 is 0 Å². The van der Waals surface area contributed by atoms with Gasteiger partial charge in [-0.15, -0.1) is 0 Å². The molecule has 1 aliphatic rings. The van der Waals surface area contributed by atoms with Crippen LogP contribution in [0.5, 0.6) is 0 Å². The first-order valence-electron chi connectivity index (χ1n) is 14.4. The number of hydrogen-bond donors (Lipinski definition) is 1. The Hall–Kier alpha value is -3.36. The molecule has 1 fully saturated rings. The Morgan fingerprint density at radius 3 is 1.71 bits per heavy atom. The number of benzene rings is 4. The van der Waals surface area contributed by atoms with E-state index in [1.165, 1.54) is 0 Å². The molecular formula is C36H40O6. The Morgan fingerprint density at radius 2 is 1.24 bits per heavy atom. The van der Waals surface area contributed by atoms with Crippen molar-refractivity contribution in [2.24, 2.45) is 0 Å². The maximum absolute atomic E-state index is 11.5. The number of epoxide rings is 1. The molecule has 1 saturated heterocycles. The molecule has 6 nitrogen and oxygen atoms in total. The van der Waals surface area contributed by atoms with E-state index in [1.54, 1.807) is 7.11 Å². The lowest BCUT2D eigenvalue weighted by molar-refractivity contribution is -0.149. The highest BCUT2D eigenvalue weighted by Crippen LogP contribution is 2.46. The highest BCUT2D eigenvalue weighted by molar-refractivity contribution is 5.47. The normalized spacial score (nSPS) is 20.5. The molecule has 0 aliphatic carbocycles. The van der Waals surface area contributed by atoms with Crippen LogP contribution in [-0.4, -0.2) is 55.6 Å². The Bertz CT molecular complexity index is 1250. The molecule has 4 aromatic carbocycles. The van der Waals surface area contributed by atoms with Crippen molar-refractivity contribution in [3.63, 3.8) is 0 Å². The average molecular weight is 569 g/mol. The first kappa shape index (κ1) is 30.1. The summed E-state index contributed by atoms with van der Waals surface area (Å²) in [7, 11) is 1.58. The van der Waals surface area contributed by atoms with Gasteiger partial charge in [0.15, 0.2) is 0 Å². The molecule has 0 bridgehead atoms. The second kappa shape index (κ2) is 13.7. The molecule has 1 aliphatic heterocycles. The van der Waals surface area contributed by atoms with Gasteiger partial charge in [-0.05, 0) is 36.1 Å². The Kier molecular flexibility index (Phi) is 9.85. The lowest BCUT2D eigenvalue weighted by atomic mass is 9.80. The molecule has 0 saturated carbocycles. The Balaban J connectivity index is 1.36. The third kappa shape index (κ3) is 6.50. The topological polar surface area (TPSA) is 69.7 Å². The molecule has 1 unspecified atom stereocenters. The maximum atomic E-state index is 11.5. The van der Waals surface area contributed by atoms with Crippen molar-refractivity contribution in [2.45, 2.75) is 56.1 Å². The van der Waals surface area contributed by atoms with E-state index >= 15 is 0 Å². The van der Waals surface area contributed by atoms with Crippen molar-refractivity contribution in [3.8, 4) is 0 Å². The summed E-state index contributed by atoms with van der Waals surface area (Å²) in [6.45, 7) is 4.47. The Morgan fingerprint density at radius 1 is 0.762 bits per heavy atom. The van der Waals surface area contributed by atoms with Gasteiger partial charge in [-0.25, -0.2) is 0 Å². The summed E-state index contributed by atoms with van der Waals surface area (Å²) in [6.07, 6.45) is -2.22. The van der Waals surface area contributed by atoms with Crippen LogP contribution in [0.3, 0.4) is 0 Å². The molecule has 0 aromatic heterocycles. The number of methoxy groups -OCH3 is 1. The van der Waals surface area contributed by atoms with Crippen molar-refractivity contribution in [1.29, 1.82) is 0 Å². The van der Waals surface area contributed by atoms with Crippen molar-refractivity contribution in [3.05, 3.63) is 144 Å². The van der Waals surface area contributed by atoms with E-state index < -0.39 is 29.5 Å². The number of rotatable bonds is 15. The molecule has 1 N–H and O–H groups in total. The minimum absolute atomic E-state index is 0.0369. The van der Waals surface area contributed by atoms with Crippen molar-refractivity contribution in [1.82, 2.24) is 0 Å². The molecule has 4 aromatic rings. The summed E-state index contributed by atoms with van der Waals surface area (Å²) in [6, 6.07) is 40.4. The van der Waals surface area contributed by atoms with Gasteiger partial charge in [-0.2, -0.15) is 0 Å². The minimum atomic E-state index is -0.936. The molecule has 1 heterocycles. The summed E-state index contributed by atoms with van der Waals surface area (Å²) in [4.78, 5) is 0. The molecule has 5 rings (SSSR count). The van der Waals surface area contributed by atoms with Crippen LogP contribution in [-0.2, 0) is 35.9 Å². The van der Waals surface area contributed by atoms with Gasteiger partial charge in [0.05, 0.1) is 19.3 Å². The number of aliphatic hydroxyl groups excluding tert-OH is 1. The third-order valence-electron chi connectivity index (χ3n) is 7.96. The van der Waals surface area contributed by atoms with Crippen molar-refractivity contribution in [2.75, 3.05) is 20.5 Å². The first-order valence-corrected chi connectivity index (χ1v) is 14.4. The van der Waals surface area contributed by atoms with Crippen LogP contribution in [0, 0.1) is 0 Å². The highest BCUT2D eigenvalue weighted by atomic mass is 16.7. The van der Waals surface area contributed by atoms with E-state index in [0.717, 1.165) is 22.3 Å². The fraction of sp³-hybridized carbons (Fsp3) is 0.333. The number of ether oxygens (including phenoxy) is 5. The highest BCUT2D eigenvalue weighted by Gasteiger charge is 2.63. The zero-order chi connectivity index (χ0) is 29.4. The van der Waals surface area contributed by atoms with Crippen molar-refractivity contribution >= 4 is 0 Å². The standard InChI is InChI=1S/C36H40O6/c1-27(39-24-28-16-8-4-9-17-28)33(40-26-38-3)35(2)34(42-35)32(37)25-41-36(29-18-10-5-11-19-29,30-20-12-6-13-21-30)31-22-14-7-15-23-31/h4-23,27,32-34,37H,24-26H2,1-3H3/t27-,32+,33-,34-,35?/m0/s1. The Labute approximate surface area is 248 Å². The van der Waals surface area contributed by atoms with Crippen molar-refractivity contribution < 1.29 is 28.8 Å². The summed E-state index contributed by atoms with van der Waals surface area (Å²) in [5.41, 5.74) is 2.26. The van der Waals surface area contributed by atoms with E-state index in [4.69, 9.17) is 23.7 Å². The summed E-state index contributed by atoms with van der Waals surface area (Å²) in [5.74, 6) is 0. The van der Waals surface area contributed by atoms with Gasteiger partial charge in [0, 0.05) is 7.11 Å². The van der Waals surface area contributed by atoms with Crippen LogP contribution in [0.15, 0.2) is 121 Å². The first-order chi connectivity index (χ1) is 20.5. The predicted octanol–water partition coefficient (Wildman–Crippen LogP) is 6.11. The minimum Gasteiger partial charge on any atom is -0.388 e.